The van der Waals surface area contributed by atoms with E-state index in [9.17, 15) is 0 Å². The van der Waals surface area contributed by atoms with Gasteiger partial charge in [0.2, 0.25) is 0 Å². The van der Waals surface area contributed by atoms with Gasteiger partial charge in [0.15, 0.2) is 0 Å². The van der Waals surface area contributed by atoms with E-state index < -0.39 is 0 Å². The molecule has 0 spiro atoms. The Hall–Kier alpha value is -1.02. The number of benzene rings is 1. The van der Waals surface area contributed by atoms with Crippen LogP contribution in [0, 0.1) is 18.8 Å². The van der Waals surface area contributed by atoms with Gasteiger partial charge in [-0.15, -0.1) is 11.6 Å². The van der Waals surface area contributed by atoms with Crippen LogP contribution < -0.4 is 0 Å². The Balaban J connectivity index is 1.76. The first-order valence-electron chi connectivity index (χ1n) is 8.19. The monoisotopic (exact) mass is 304 g/mol. The van der Waals surface area contributed by atoms with E-state index in [0.29, 0.717) is 5.88 Å². The van der Waals surface area contributed by atoms with Gasteiger partial charge >= 0.3 is 0 Å². The van der Waals surface area contributed by atoms with Crippen LogP contribution in [0.2, 0.25) is 0 Å². The lowest BCUT2D eigenvalue weighted by Crippen LogP contribution is -2.15. The molecule has 0 saturated heterocycles. The van der Waals surface area contributed by atoms with Gasteiger partial charge in [-0.25, -0.2) is 4.98 Å². The standard InChI is InChI=1S/C18H25ClN2/c1-13-3-6-15(7-4-13)9-10-21-17-8-5-14(2)11-16(17)20-18(21)12-19/h5,8,11,13,15H,3-4,6-7,9-10,12H2,1-2H3. The molecule has 0 aliphatic heterocycles. The number of halogens is 1. The molecule has 2 aromatic rings. The lowest BCUT2D eigenvalue weighted by Gasteiger charge is -2.26. The van der Waals surface area contributed by atoms with Crippen molar-refractivity contribution in [2.45, 2.75) is 58.4 Å². The number of aryl methyl sites for hydroxylation is 2. The number of imidazole rings is 1. The fourth-order valence-corrected chi connectivity index (χ4v) is 3.77. The fraction of sp³-hybridized carbons (Fsp3) is 0.611. The predicted octanol–water partition coefficient (Wildman–Crippen LogP) is 5.30. The van der Waals surface area contributed by atoms with E-state index in [0.717, 1.165) is 29.7 Å². The maximum absolute atomic E-state index is 6.10. The summed E-state index contributed by atoms with van der Waals surface area (Å²) >= 11 is 6.10. The molecule has 1 aliphatic carbocycles. The molecule has 3 heteroatoms. The van der Waals surface area contributed by atoms with Crippen molar-refractivity contribution in [1.29, 1.82) is 0 Å². The highest BCUT2D eigenvalue weighted by atomic mass is 35.5. The quantitative estimate of drug-likeness (QED) is 0.701. The Morgan fingerprint density at radius 3 is 2.71 bits per heavy atom. The fourth-order valence-electron chi connectivity index (χ4n) is 3.57. The molecular formula is C18H25ClN2. The normalized spacial score (nSPS) is 22.8. The first kappa shape index (κ1) is 14.9. The van der Waals surface area contributed by atoms with Crippen molar-refractivity contribution < 1.29 is 0 Å². The molecule has 21 heavy (non-hydrogen) atoms. The summed E-state index contributed by atoms with van der Waals surface area (Å²) in [6, 6.07) is 6.52. The highest BCUT2D eigenvalue weighted by Gasteiger charge is 2.19. The molecule has 1 heterocycles. The number of rotatable bonds is 4. The second kappa shape index (κ2) is 6.39. The van der Waals surface area contributed by atoms with Crippen LogP contribution in [0.25, 0.3) is 11.0 Å². The second-order valence-electron chi connectivity index (χ2n) is 6.72. The maximum Gasteiger partial charge on any atom is 0.124 e. The molecule has 0 unspecified atom stereocenters. The summed E-state index contributed by atoms with van der Waals surface area (Å²) < 4.78 is 2.33. The number of fused-ring (bicyclic) bond motifs is 1. The molecule has 1 aliphatic rings. The van der Waals surface area contributed by atoms with Crippen molar-refractivity contribution in [3.05, 3.63) is 29.6 Å². The van der Waals surface area contributed by atoms with E-state index in [2.05, 4.69) is 36.6 Å². The number of alkyl halides is 1. The minimum Gasteiger partial charge on any atom is -0.327 e. The maximum atomic E-state index is 6.10. The van der Waals surface area contributed by atoms with Crippen molar-refractivity contribution in [3.8, 4) is 0 Å². The van der Waals surface area contributed by atoms with Gasteiger partial charge in [0.25, 0.3) is 0 Å². The summed E-state index contributed by atoms with van der Waals surface area (Å²) in [5, 5.41) is 0. The van der Waals surface area contributed by atoms with Crippen LogP contribution in [-0.4, -0.2) is 9.55 Å². The predicted molar refractivity (Wildman–Crippen MR) is 89.8 cm³/mol. The molecule has 1 saturated carbocycles. The lowest BCUT2D eigenvalue weighted by atomic mass is 9.81. The minimum atomic E-state index is 0.495. The average Bonchev–Trinajstić information content (AvgIpc) is 2.83. The first-order valence-corrected chi connectivity index (χ1v) is 8.72. The van der Waals surface area contributed by atoms with Crippen LogP contribution in [0.4, 0.5) is 0 Å². The highest BCUT2D eigenvalue weighted by molar-refractivity contribution is 6.16. The van der Waals surface area contributed by atoms with Gasteiger partial charge in [0.1, 0.15) is 5.82 Å². The summed E-state index contributed by atoms with van der Waals surface area (Å²) in [5.41, 5.74) is 3.58. The number of hydrogen-bond donors (Lipinski definition) is 0. The van der Waals surface area contributed by atoms with Gasteiger partial charge in [-0.05, 0) is 42.9 Å². The smallest absolute Gasteiger partial charge is 0.124 e. The number of hydrogen-bond acceptors (Lipinski definition) is 1. The van der Waals surface area contributed by atoms with E-state index in [-0.39, 0.29) is 0 Å². The molecule has 1 fully saturated rings. The molecular weight excluding hydrogens is 280 g/mol. The van der Waals surface area contributed by atoms with Gasteiger partial charge in [-0.2, -0.15) is 0 Å². The van der Waals surface area contributed by atoms with Gasteiger partial charge in [0, 0.05) is 6.54 Å². The summed E-state index contributed by atoms with van der Waals surface area (Å²) in [5.74, 6) is 3.32. The third kappa shape index (κ3) is 3.26. The van der Waals surface area contributed by atoms with Crippen molar-refractivity contribution in [1.82, 2.24) is 9.55 Å². The number of aromatic nitrogens is 2. The Kier molecular flexibility index (Phi) is 4.54. The van der Waals surface area contributed by atoms with Crippen LogP contribution >= 0.6 is 11.6 Å². The average molecular weight is 305 g/mol. The molecule has 2 nitrogen and oxygen atoms in total. The highest BCUT2D eigenvalue weighted by Crippen LogP contribution is 2.31. The Morgan fingerprint density at radius 2 is 2.00 bits per heavy atom. The summed E-state index contributed by atoms with van der Waals surface area (Å²) in [6.45, 7) is 5.55. The van der Waals surface area contributed by atoms with E-state index in [1.807, 2.05) is 0 Å². The zero-order chi connectivity index (χ0) is 14.8. The van der Waals surface area contributed by atoms with Gasteiger partial charge in [0.05, 0.1) is 16.9 Å². The number of nitrogens with zero attached hydrogens (tertiary/aromatic N) is 2. The van der Waals surface area contributed by atoms with E-state index in [1.54, 1.807) is 0 Å². The van der Waals surface area contributed by atoms with Crippen LogP contribution in [-0.2, 0) is 12.4 Å². The largest absolute Gasteiger partial charge is 0.327 e. The summed E-state index contributed by atoms with van der Waals surface area (Å²) in [7, 11) is 0. The molecule has 0 radical (unpaired) electrons. The second-order valence-corrected chi connectivity index (χ2v) is 6.99. The van der Waals surface area contributed by atoms with Gasteiger partial charge in [-0.3, -0.25) is 0 Å². The molecule has 0 atom stereocenters. The van der Waals surface area contributed by atoms with Crippen molar-refractivity contribution >= 4 is 22.6 Å². The minimum absolute atomic E-state index is 0.495. The van der Waals surface area contributed by atoms with Crippen LogP contribution in [0.3, 0.4) is 0 Å². The topological polar surface area (TPSA) is 17.8 Å². The van der Waals surface area contributed by atoms with Crippen LogP contribution in [0.5, 0.6) is 0 Å². The molecule has 114 valence electrons. The van der Waals surface area contributed by atoms with Gasteiger partial charge < -0.3 is 4.57 Å². The van der Waals surface area contributed by atoms with E-state index in [1.165, 1.54) is 43.2 Å². The van der Waals surface area contributed by atoms with E-state index in [4.69, 9.17) is 16.6 Å². The zero-order valence-electron chi connectivity index (χ0n) is 13.1. The third-order valence-corrected chi connectivity index (χ3v) is 5.24. The Labute approximate surface area is 132 Å². The SMILES string of the molecule is Cc1ccc2c(c1)nc(CCl)n2CCC1CCC(C)CC1. The Bertz CT molecular complexity index is 609. The first-order chi connectivity index (χ1) is 10.2. The molecule has 1 aromatic carbocycles. The van der Waals surface area contributed by atoms with Crippen molar-refractivity contribution in [2.75, 3.05) is 0 Å². The van der Waals surface area contributed by atoms with Gasteiger partial charge in [-0.1, -0.05) is 38.7 Å². The van der Waals surface area contributed by atoms with E-state index >= 15 is 0 Å². The molecule has 0 amide bonds. The Morgan fingerprint density at radius 1 is 1.24 bits per heavy atom. The molecule has 0 bridgehead atoms. The van der Waals surface area contributed by atoms with Crippen LogP contribution in [0.15, 0.2) is 18.2 Å². The third-order valence-electron chi connectivity index (χ3n) is 5.00. The summed E-state index contributed by atoms with van der Waals surface area (Å²) in [6.07, 6.45) is 6.84. The van der Waals surface area contributed by atoms with Crippen LogP contribution in [0.1, 0.15) is 50.4 Å². The molecule has 3 rings (SSSR count). The van der Waals surface area contributed by atoms with Crippen molar-refractivity contribution in [3.63, 3.8) is 0 Å². The summed E-state index contributed by atoms with van der Waals surface area (Å²) in [4.78, 5) is 4.70. The van der Waals surface area contributed by atoms with Crippen molar-refractivity contribution in [2.24, 2.45) is 11.8 Å². The molecule has 0 N–H and O–H groups in total. The zero-order valence-corrected chi connectivity index (χ0v) is 13.9. The molecule has 1 aromatic heterocycles. The lowest BCUT2D eigenvalue weighted by molar-refractivity contribution is 0.269.